The number of thiazole rings is 1. The monoisotopic (exact) mass is 275 g/mol. The summed E-state index contributed by atoms with van der Waals surface area (Å²) < 4.78 is 0. The van der Waals surface area contributed by atoms with Gasteiger partial charge in [0.25, 0.3) is 0 Å². The fourth-order valence-electron chi connectivity index (χ4n) is 1.76. The van der Waals surface area contributed by atoms with Gasteiger partial charge in [-0.3, -0.25) is 0 Å². The predicted octanol–water partition coefficient (Wildman–Crippen LogP) is 3.37. The van der Waals surface area contributed by atoms with Crippen molar-refractivity contribution in [2.75, 3.05) is 18.2 Å². The third-order valence-corrected chi connectivity index (χ3v) is 4.05. The first-order chi connectivity index (χ1) is 8.76. The number of nitrogens with zero attached hydrogens (tertiary/aromatic N) is 3. The summed E-state index contributed by atoms with van der Waals surface area (Å²) in [5.74, 6) is 0. The molecule has 0 spiro atoms. The van der Waals surface area contributed by atoms with E-state index in [1.165, 1.54) is 0 Å². The fraction of sp³-hybridized carbons (Fsp3) is 0.231. The van der Waals surface area contributed by atoms with E-state index in [4.69, 9.17) is 0 Å². The fourth-order valence-corrected chi connectivity index (χ4v) is 2.88. The second-order valence-electron chi connectivity index (χ2n) is 3.80. The molecule has 0 saturated carbocycles. The highest BCUT2D eigenvalue weighted by atomic mass is 32.2. The second kappa shape index (κ2) is 5.89. The molecule has 1 heterocycles. The standard InChI is InChI=1S/C13H13N3S2/c1-16(7-10-8-18-9-15-10)12-4-3-5-13(17-2)11(12)6-14/h3-5,8-9H,7H2,1-2H3. The molecule has 0 bridgehead atoms. The molecule has 1 aromatic carbocycles. The van der Waals surface area contributed by atoms with Crippen LogP contribution < -0.4 is 4.90 Å². The van der Waals surface area contributed by atoms with Crippen LogP contribution in [0.25, 0.3) is 0 Å². The molecule has 0 amide bonds. The number of benzene rings is 1. The molecule has 2 rings (SSSR count). The van der Waals surface area contributed by atoms with Gasteiger partial charge in [0, 0.05) is 17.3 Å². The van der Waals surface area contributed by atoms with Gasteiger partial charge >= 0.3 is 0 Å². The van der Waals surface area contributed by atoms with E-state index in [0.717, 1.165) is 28.4 Å². The van der Waals surface area contributed by atoms with Crippen LogP contribution in [0.15, 0.2) is 34.0 Å². The number of thioether (sulfide) groups is 1. The van der Waals surface area contributed by atoms with Crippen molar-refractivity contribution in [2.24, 2.45) is 0 Å². The number of rotatable bonds is 4. The summed E-state index contributed by atoms with van der Waals surface area (Å²) in [7, 11) is 1.99. The average molecular weight is 275 g/mol. The molecule has 92 valence electrons. The maximum absolute atomic E-state index is 9.30. The lowest BCUT2D eigenvalue weighted by atomic mass is 10.1. The Labute approximate surface area is 115 Å². The molecule has 0 fully saturated rings. The Morgan fingerprint density at radius 3 is 2.94 bits per heavy atom. The molecule has 0 saturated heterocycles. The van der Waals surface area contributed by atoms with Gasteiger partial charge in [-0.05, 0) is 18.4 Å². The van der Waals surface area contributed by atoms with Crippen LogP contribution in [0.2, 0.25) is 0 Å². The smallest absolute Gasteiger partial charge is 0.103 e. The van der Waals surface area contributed by atoms with Crippen LogP contribution in [0, 0.1) is 11.3 Å². The Hall–Kier alpha value is -1.51. The van der Waals surface area contributed by atoms with Crippen molar-refractivity contribution >= 4 is 28.8 Å². The minimum atomic E-state index is 0.718. The van der Waals surface area contributed by atoms with Crippen molar-refractivity contribution < 1.29 is 0 Å². The molecule has 0 radical (unpaired) electrons. The van der Waals surface area contributed by atoms with Gasteiger partial charge in [0.1, 0.15) is 6.07 Å². The number of aromatic nitrogens is 1. The van der Waals surface area contributed by atoms with Crippen molar-refractivity contribution in [3.8, 4) is 6.07 Å². The van der Waals surface area contributed by atoms with Gasteiger partial charge in [0.2, 0.25) is 0 Å². The Kier molecular flexibility index (Phi) is 4.24. The molecular formula is C13H13N3S2. The van der Waals surface area contributed by atoms with E-state index >= 15 is 0 Å². The number of anilines is 1. The molecular weight excluding hydrogens is 262 g/mol. The summed E-state index contributed by atoms with van der Waals surface area (Å²) in [6.07, 6.45) is 1.99. The average Bonchev–Trinajstić information content (AvgIpc) is 2.90. The zero-order valence-electron chi connectivity index (χ0n) is 10.3. The predicted molar refractivity (Wildman–Crippen MR) is 77.2 cm³/mol. The van der Waals surface area contributed by atoms with E-state index < -0.39 is 0 Å². The molecule has 18 heavy (non-hydrogen) atoms. The lowest BCUT2D eigenvalue weighted by molar-refractivity contribution is 0.890. The van der Waals surface area contributed by atoms with Crippen LogP contribution in [-0.2, 0) is 6.54 Å². The minimum absolute atomic E-state index is 0.718. The summed E-state index contributed by atoms with van der Waals surface area (Å²) in [5.41, 5.74) is 4.55. The molecule has 1 aromatic heterocycles. The van der Waals surface area contributed by atoms with Gasteiger partial charge in [0.05, 0.1) is 29.0 Å². The van der Waals surface area contributed by atoms with E-state index in [1.54, 1.807) is 23.1 Å². The zero-order chi connectivity index (χ0) is 13.0. The lowest BCUT2D eigenvalue weighted by Crippen LogP contribution is -2.17. The van der Waals surface area contributed by atoms with E-state index in [2.05, 4.69) is 16.0 Å². The van der Waals surface area contributed by atoms with Crippen LogP contribution >= 0.6 is 23.1 Å². The minimum Gasteiger partial charge on any atom is -0.368 e. The summed E-state index contributed by atoms with van der Waals surface area (Å²) >= 11 is 3.18. The molecule has 5 heteroatoms. The highest BCUT2D eigenvalue weighted by Gasteiger charge is 2.11. The number of hydrogen-bond donors (Lipinski definition) is 0. The van der Waals surface area contributed by atoms with Crippen molar-refractivity contribution in [1.29, 1.82) is 5.26 Å². The summed E-state index contributed by atoms with van der Waals surface area (Å²) in [4.78, 5) is 7.35. The molecule has 0 aliphatic carbocycles. The van der Waals surface area contributed by atoms with Gasteiger partial charge in [-0.15, -0.1) is 23.1 Å². The highest BCUT2D eigenvalue weighted by molar-refractivity contribution is 7.98. The highest BCUT2D eigenvalue weighted by Crippen LogP contribution is 2.29. The second-order valence-corrected chi connectivity index (χ2v) is 5.37. The number of hydrogen-bond acceptors (Lipinski definition) is 5. The van der Waals surface area contributed by atoms with E-state index in [9.17, 15) is 5.26 Å². The summed E-state index contributed by atoms with van der Waals surface area (Å²) in [6, 6.07) is 8.23. The van der Waals surface area contributed by atoms with Crippen molar-refractivity contribution in [3.63, 3.8) is 0 Å². The van der Waals surface area contributed by atoms with Gasteiger partial charge in [-0.2, -0.15) is 5.26 Å². The molecule has 3 nitrogen and oxygen atoms in total. The quantitative estimate of drug-likeness (QED) is 0.802. The van der Waals surface area contributed by atoms with E-state index in [-0.39, 0.29) is 0 Å². The first-order valence-corrected chi connectivity index (χ1v) is 7.58. The molecule has 0 N–H and O–H groups in total. The van der Waals surface area contributed by atoms with Gasteiger partial charge in [-0.25, -0.2) is 4.98 Å². The van der Waals surface area contributed by atoms with E-state index in [1.807, 2.05) is 42.4 Å². The zero-order valence-corrected chi connectivity index (χ0v) is 11.9. The molecule has 0 aliphatic rings. The van der Waals surface area contributed by atoms with Crippen LogP contribution in [-0.4, -0.2) is 18.3 Å². The largest absolute Gasteiger partial charge is 0.368 e. The topological polar surface area (TPSA) is 39.9 Å². The van der Waals surface area contributed by atoms with Crippen LogP contribution in [0.5, 0.6) is 0 Å². The molecule has 0 aliphatic heterocycles. The Morgan fingerprint density at radius 1 is 1.50 bits per heavy atom. The van der Waals surface area contributed by atoms with Gasteiger partial charge in [0.15, 0.2) is 0 Å². The van der Waals surface area contributed by atoms with E-state index in [0.29, 0.717) is 0 Å². The van der Waals surface area contributed by atoms with Crippen molar-refractivity contribution in [1.82, 2.24) is 4.98 Å². The number of nitriles is 1. The Morgan fingerprint density at radius 2 is 2.33 bits per heavy atom. The molecule has 0 unspecified atom stereocenters. The van der Waals surface area contributed by atoms with Crippen molar-refractivity contribution in [2.45, 2.75) is 11.4 Å². The first kappa shape index (κ1) is 12.9. The molecule has 2 aromatic rings. The third-order valence-electron chi connectivity index (χ3n) is 2.63. The van der Waals surface area contributed by atoms with Gasteiger partial charge in [-0.1, -0.05) is 6.07 Å². The van der Waals surface area contributed by atoms with Crippen molar-refractivity contribution in [3.05, 3.63) is 40.3 Å². The van der Waals surface area contributed by atoms with Crippen LogP contribution in [0.4, 0.5) is 5.69 Å². The molecule has 0 atom stereocenters. The maximum Gasteiger partial charge on any atom is 0.103 e. The lowest BCUT2D eigenvalue weighted by Gasteiger charge is -2.20. The SMILES string of the molecule is CSc1cccc(N(C)Cc2cscn2)c1C#N. The van der Waals surface area contributed by atoms with Gasteiger partial charge < -0.3 is 4.90 Å². The Bertz CT molecular complexity index is 558. The summed E-state index contributed by atoms with van der Waals surface area (Å²) in [6.45, 7) is 0.718. The Balaban J connectivity index is 2.30. The maximum atomic E-state index is 9.30. The first-order valence-electron chi connectivity index (χ1n) is 5.41. The summed E-state index contributed by atoms with van der Waals surface area (Å²) in [5, 5.41) is 11.3. The third kappa shape index (κ3) is 2.66. The van der Waals surface area contributed by atoms with Crippen LogP contribution in [0.3, 0.4) is 0 Å². The normalized spacial score (nSPS) is 10.1. The van der Waals surface area contributed by atoms with Crippen LogP contribution in [0.1, 0.15) is 11.3 Å².